The fourth-order valence-corrected chi connectivity index (χ4v) is 4.00. The smallest absolute Gasteiger partial charge is 0.349 e. The normalized spacial score (nSPS) is 14.3. The summed E-state index contributed by atoms with van der Waals surface area (Å²) in [5, 5.41) is 10.3. The predicted octanol–water partition coefficient (Wildman–Crippen LogP) is 4.56. The lowest BCUT2D eigenvalue weighted by Gasteiger charge is -2.28. The number of allylic oxidation sites excluding steroid dienone is 1. The Kier molecular flexibility index (Phi) is 6.99. The van der Waals surface area contributed by atoms with E-state index in [0.29, 0.717) is 39.1 Å². The van der Waals surface area contributed by atoms with Gasteiger partial charge in [-0.15, -0.1) is 0 Å². The molecule has 0 fully saturated rings. The molecule has 0 spiro atoms. The number of para-hydroxylation sites is 1. The van der Waals surface area contributed by atoms with Gasteiger partial charge >= 0.3 is 5.97 Å². The van der Waals surface area contributed by atoms with E-state index < -0.39 is 11.9 Å². The summed E-state index contributed by atoms with van der Waals surface area (Å²) in [6.07, 6.45) is 0. The van der Waals surface area contributed by atoms with Crippen LogP contribution in [0.15, 0.2) is 72.1 Å². The number of nitrogens with zero attached hydrogens (tertiary/aromatic N) is 1. The van der Waals surface area contributed by atoms with Gasteiger partial charge in [0.05, 0.1) is 20.1 Å². The molecule has 1 atom stereocenters. The molecule has 9 heteroatoms. The summed E-state index contributed by atoms with van der Waals surface area (Å²) in [6, 6.07) is 19.1. The Hall–Kier alpha value is -4.35. The number of rotatable bonds is 7. The zero-order valence-electron chi connectivity index (χ0n) is 18.9. The average molecular weight is 493 g/mol. The van der Waals surface area contributed by atoms with Crippen molar-refractivity contribution in [2.24, 2.45) is 5.73 Å². The Labute approximate surface area is 207 Å². The third-order valence-corrected chi connectivity index (χ3v) is 5.55. The minimum atomic E-state index is -0.618. The van der Waals surface area contributed by atoms with Crippen LogP contribution in [0.2, 0.25) is 5.02 Å². The molecule has 4 rings (SSSR count). The molecule has 0 aromatic heterocycles. The van der Waals surface area contributed by atoms with Gasteiger partial charge in [0.15, 0.2) is 18.1 Å². The van der Waals surface area contributed by atoms with Crippen LogP contribution < -0.4 is 29.4 Å². The van der Waals surface area contributed by atoms with Crippen molar-refractivity contribution < 1.29 is 28.5 Å². The maximum absolute atomic E-state index is 12.3. The van der Waals surface area contributed by atoms with Crippen molar-refractivity contribution in [1.82, 2.24) is 0 Å². The first-order valence-electron chi connectivity index (χ1n) is 10.5. The molecule has 3 aromatic rings. The summed E-state index contributed by atoms with van der Waals surface area (Å²) in [4.78, 5) is 12.3. The van der Waals surface area contributed by atoms with Crippen molar-refractivity contribution in [2.75, 3.05) is 20.8 Å². The first-order chi connectivity index (χ1) is 16.9. The van der Waals surface area contributed by atoms with Crippen LogP contribution >= 0.6 is 11.6 Å². The van der Waals surface area contributed by atoms with E-state index in [1.165, 1.54) is 20.3 Å². The molecular formula is C26H21ClN2O6. The molecule has 0 saturated carbocycles. The number of halogens is 1. The largest absolute Gasteiger partial charge is 0.493 e. The molecular weight excluding hydrogens is 472 g/mol. The third-order valence-electron chi connectivity index (χ3n) is 5.32. The molecule has 178 valence electrons. The van der Waals surface area contributed by atoms with Crippen molar-refractivity contribution >= 4 is 17.6 Å². The number of hydrogen-bond donors (Lipinski definition) is 1. The highest BCUT2D eigenvalue weighted by atomic mass is 35.5. The number of esters is 1. The Bertz CT molecular complexity index is 1350. The third kappa shape index (κ3) is 4.95. The van der Waals surface area contributed by atoms with E-state index in [9.17, 15) is 10.1 Å². The van der Waals surface area contributed by atoms with E-state index >= 15 is 0 Å². The molecule has 3 aromatic carbocycles. The number of carbonyl (C=O) groups is 1. The number of methoxy groups -OCH3 is 2. The molecule has 8 nitrogen and oxygen atoms in total. The number of nitrogens with two attached hydrogens (primary N) is 1. The monoisotopic (exact) mass is 492 g/mol. The summed E-state index contributed by atoms with van der Waals surface area (Å²) in [7, 11) is 3.06. The number of fused-ring (bicyclic) bond motifs is 1. The summed E-state index contributed by atoms with van der Waals surface area (Å²) in [6.45, 7) is -0.317. The van der Waals surface area contributed by atoms with Gasteiger partial charge < -0.3 is 29.4 Å². The Morgan fingerprint density at radius 3 is 2.57 bits per heavy atom. The second-order valence-electron chi connectivity index (χ2n) is 7.43. The van der Waals surface area contributed by atoms with Gasteiger partial charge in [-0.05, 0) is 30.3 Å². The molecule has 2 N–H and O–H groups in total. The van der Waals surface area contributed by atoms with Gasteiger partial charge in [-0.3, -0.25) is 0 Å². The second-order valence-corrected chi connectivity index (χ2v) is 7.86. The zero-order chi connectivity index (χ0) is 24.9. The van der Waals surface area contributed by atoms with Crippen LogP contribution in [0.25, 0.3) is 0 Å². The van der Waals surface area contributed by atoms with Crippen molar-refractivity contribution in [2.45, 2.75) is 5.92 Å². The highest BCUT2D eigenvalue weighted by Crippen LogP contribution is 2.47. The van der Waals surface area contributed by atoms with E-state index in [-0.39, 0.29) is 23.8 Å². The topological polar surface area (TPSA) is 113 Å². The van der Waals surface area contributed by atoms with Gasteiger partial charge in [-0.25, -0.2) is 4.79 Å². The quantitative estimate of drug-likeness (QED) is 0.377. The predicted molar refractivity (Wildman–Crippen MR) is 128 cm³/mol. The molecule has 1 unspecified atom stereocenters. The van der Waals surface area contributed by atoms with Crippen LogP contribution in [-0.2, 0) is 4.79 Å². The molecule has 0 radical (unpaired) electrons. The number of ether oxygens (including phenoxy) is 5. The molecule has 35 heavy (non-hydrogen) atoms. The van der Waals surface area contributed by atoms with Gasteiger partial charge in [0, 0.05) is 22.2 Å². The number of hydrogen-bond acceptors (Lipinski definition) is 8. The van der Waals surface area contributed by atoms with E-state index in [4.69, 9.17) is 41.0 Å². The van der Waals surface area contributed by atoms with Crippen molar-refractivity contribution in [3.8, 4) is 34.8 Å². The maximum Gasteiger partial charge on any atom is 0.349 e. The first kappa shape index (κ1) is 23.8. The van der Waals surface area contributed by atoms with Crippen molar-refractivity contribution in [3.05, 3.63) is 88.3 Å². The highest BCUT2D eigenvalue weighted by Gasteiger charge is 2.33. The lowest BCUT2D eigenvalue weighted by Crippen LogP contribution is -2.22. The minimum Gasteiger partial charge on any atom is -0.493 e. The SMILES string of the molecule is COc1cccc(C2C(C#N)=C(N)Oc3cc(OC(=O)COc4cccc(Cl)c4)ccc32)c1OC. The maximum atomic E-state index is 12.3. The highest BCUT2D eigenvalue weighted by molar-refractivity contribution is 6.30. The van der Waals surface area contributed by atoms with Crippen LogP contribution in [0.4, 0.5) is 0 Å². The Balaban J connectivity index is 1.61. The van der Waals surface area contributed by atoms with E-state index in [2.05, 4.69) is 6.07 Å². The van der Waals surface area contributed by atoms with Crippen LogP contribution in [0, 0.1) is 11.3 Å². The molecule has 0 amide bonds. The van der Waals surface area contributed by atoms with Crippen molar-refractivity contribution in [3.63, 3.8) is 0 Å². The Morgan fingerprint density at radius 1 is 1.06 bits per heavy atom. The van der Waals surface area contributed by atoms with Crippen LogP contribution in [0.5, 0.6) is 28.7 Å². The molecule has 0 aliphatic carbocycles. The lowest BCUT2D eigenvalue weighted by atomic mass is 9.83. The summed E-state index contributed by atoms with van der Waals surface area (Å²) in [5.74, 6) is 0.757. The van der Waals surface area contributed by atoms with E-state index in [0.717, 1.165) is 0 Å². The van der Waals surface area contributed by atoms with Gasteiger partial charge in [-0.2, -0.15) is 5.26 Å². The number of nitriles is 1. The summed E-state index contributed by atoms with van der Waals surface area (Å²) in [5.41, 5.74) is 7.65. The van der Waals surface area contributed by atoms with Gasteiger partial charge in [0.1, 0.15) is 28.9 Å². The van der Waals surface area contributed by atoms with Crippen LogP contribution in [0.1, 0.15) is 17.0 Å². The van der Waals surface area contributed by atoms with Gasteiger partial charge in [0.2, 0.25) is 5.88 Å². The van der Waals surface area contributed by atoms with Gasteiger partial charge in [-0.1, -0.05) is 35.9 Å². The minimum absolute atomic E-state index is 0.0531. The van der Waals surface area contributed by atoms with Crippen LogP contribution in [-0.4, -0.2) is 26.8 Å². The molecule has 0 saturated heterocycles. The standard InChI is InChI=1S/C26H21ClN2O6/c1-31-21-8-4-7-19(25(21)32-2)24-18-10-9-17(12-22(18)35-26(29)20(24)13-28)34-23(30)14-33-16-6-3-5-15(27)11-16/h3-12,24H,14,29H2,1-2H3. The van der Waals surface area contributed by atoms with E-state index in [1.807, 2.05) is 6.07 Å². The fraction of sp³-hybridized carbons (Fsp3) is 0.154. The number of carbonyl (C=O) groups excluding carboxylic acids is 1. The summed E-state index contributed by atoms with van der Waals surface area (Å²) >= 11 is 5.92. The molecule has 1 aliphatic heterocycles. The summed E-state index contributed by atoms with van der Waals surface area (Å²) < 4.78 is 27.5. The first-order valence-corrected chi connectivity index (χ1v) is 10.8. The van der Waals surface area contributed by atoms with E-state index in [1.54, 1.807) is 48.5 Å². The average Bonchev–Trinajstić information content (AvgIpc) is 2.86. The second kappa shape index (κ2) is 10.3. The van der Waals surface area contributed by atoms with Crippen LogP contribution in [0.3, 0.4) is 0 Å². The molecule has 1 aliphatic rings. The Morgan fingerprint density at radius 2 is 1.86 bits per heavy atom. The zero-order valence-corrected chi connectivity index (χ0v) is 19.7. The molecule has 1 heterocycles. The molecule has 0 bridgehead atoms. The van der Waals surface area contributed by atoms with Gasteiger partial charge in [0.25, 0.3) is 0 Å². The lowest BCUT2D eigenvalue weighted by molar-refractivity contribution is -0.136. The van der Waals surface area contributed by atoms with Crippen molar-refractivity contribution in [1.29, 1.82) is 5.26 Å². The number of benzene rings is 3. The fourth-order valence-electron chi connectivity index (χ4n) is 3.82.